The SMILES string of the molecule is C[Si](C)(C)OP1(=O)OCCO1. The number of hydrogen-bond acceptors (Lipinski definition) is 4. The van der Waals surface area contributed by atoms with Crippen LogP contribution in [0.15, 0.2) is 0 Å². The Morgan fingerprint density at radius 3 is 2.09 bits per heavy atom. The van der Waals surface area contributed by atoms with Crippen molar-refractivity contribution in [1.29, 1.82) is 0 Å². The largest absolute Gasteiger partial charge is 0.465 e. The first-order chi connectivity index (χ1) is 4.91. The minimum absolute atomic E-state index is 0.377. The van der Waals surface area contributed by atoms with Crippen LogP contribution in [0.3, 0.4) is 0 Å². The monoisotopic (exact) mass is 196 g/mol. The second-order valence-corrected chi connectivity index (χ2v) is 9.68. The van der Waals surface area contributed by atoms with Crippen molar-refractivity contribution in [2.75, 3.05) is 13.2 Å². The van der Waals surface area contributed by atoms with Crippen molar-refractivity contribution in [3.8, 4) is 0 Å². The Balaban J connectivity index is 2.54. The minimum atomic E-state index is -3.13. The van der Waals surface area contributed by atoms with Crippen molar-refractivity contribution in [3.05, 3.63) is 0 Å². The van der Waals surface area contributed by atoms with Crippen LogP contribution in [0.1, 0.15) is 0 Å². The van der Waals surface area contributed by atoms with Crippen molar-refractivity contribution in [1.82, 2.24) is 0 Å². The Hall–Kier alpha value is 0.327. The zero-order valence-corrected chi connectivity index (χ0v) is 8.89. The fourth-order valence-corrected chi connectivity index (χ4v) is 4.50. The standard InChI is InChI=1S/C5H13O4PSi/c1-11(2,3)9-10(6)7-4-5-8-10/h4-5H2,1-3H3. The summed E-state index contributed by atoms with van der Waals surface area (Å²) in [6.45, 7) is 6.58. The lowest BCUT2D eigenvalue weighted by Gasteiger charge is -2.19. The fraction of sp³-hybridized carbons (Fsp3) is 1.00. The molecule has 6 heteroatoms. The molecule has 0 N–H and O–H groups in total. The first-order valence-corrected chi connectivity index (χ1v) is 8.38. The lowest BCUT2D eigenvalue weighted by molar-refractivity contribution is 0.268. The van der Waals surface area contributed by atoms with Crippen molar-refractivity contribution in [2.24, 2.45) is 0 Å². The van der Waals surface area contributed by atoms with E-state index >= 15 is 0 Å². The van der Waals surface area contributed by atoms with Crippen LogP contribution in [0.5, 0.6) is 0 Å². The maximum atomic E-state index is 11.4. The first-order valence-electron chi connectivity index (χ1n) is 3.51. The molecule has 1 aliphatic rings. The molecular weight excluding hydrogens is 183 g/mol. The van der Waals surface area contributed by atoms with Gasteiger partial charge in [0.25, 0.3) is 0 Å². The van der Waals surface area contributed by atoms with Gasteiger partial charge in [-0.05, 0) is 19.6 Å². The third-order valence-electron chi connectivity index (χ3n) is 0.968. The van der Waals surface area contributed by atoms with Gasteiger partial charge < -0.3 is 4.21 Å². The summed E-state index contributed by atoms with van der Waals surface area (Å²) < 4.78 is 26.4. The number of phosphoric ester groups is 1. The third kappa shape index (κ3) is 3.05. The molecule has 1 aliphatic heterocycles. The molecule has 1 rings (SSSR count). The Morgan fingerprint density at radius 1 is 1.27 bits per heavy atom. The topological polar surface area (TPSA) is 44.8 Å². The highest BCUT2D eigenvalue weighted by molar-refractivity contribution is 7.50. The number of phosphoric acid groups is 1. The highest BCUT2D eigenvalue weighted by Crippen LogP contribution is 2.54. The quantitative estimate of drug-likeness (QED) is 0.500. The van der Waals surface area contributed by atoms with E-state index in [-0.39, 0.29) is 0 Å². The second kappa shape index (κ2) is 2.99. The van der Waals surface area contributed by atoms with E-state index in [0.717, 1.165) is 0 Å². The number of rotatable bonds is 2. The molecule has 0 aromatic heterocycles. The van der Waals surface area contributed by atoms with Crippen LogP contribution >= 0.6 is 7.82 Å². The van der Waals surface area contributed by atoms with E-state index in [1.165, 1.54) is 0 Å². The second-order valence-electron chi connectivity index (χ2n) is 3.32. The molecule has 0 aromatic rings. The van der Waals surface area contributed by atoms with Crippen molar-refractivity contribution in [2.45, 2.75) is 19.6 Å². The summed E-state index contributed by atoms with van der Waals surface area (Å²) in [7, 11) is -4.94. The molecule has 0 bridgehead atoms. The Kier molecular flexibility index (Phi) is 2.56. The molecule has 0 spiro atoms. The van der Waals surface area contributed by atoms with E-state index in [1.54, 1.807) is 0 Å². The van der Waals surface area contributed by atoms with Crippen molar-refractivity contribution in [3.63, 3.8) is 0 Å². The molecule has 0 aliphatic carbocycles. The Morgan fingerprint density at radius 2 is 1.73 bits per heavy atom. The van der Waals surface area contributed by atoms with Crippen LogP contribution in [0, 0.1) is 0 Å². The molecule has 0 amide bonds. The molecular formula is C5H13O4PSi. The Labute approximate surface area is 67.6 Å². The first kappa shape index (κ1) is 9.42. The summed E-state index contributed by atoms with van der Waals surface area (Å²) in [5.41, 5.74) is 0. The van der Waals surface area contributed by atoms with E-state index in [4.69, 9.17) is 13.3 Å². The van der Waals surface area contributed by atoms with Gasteiger partial charge in [0.05, 0.1) is 13.2 Å². The van der Waals surface area contributed by atoms with E-state index in [9.17, 15) is 4.57 Å². The van der Waals surface area contributed by atoms with E-state index in [1.807, 2.05) is 19.6 Å². The summed E-state index contributed by atoms with van der Waals surface area (Å²) in [5, 5.41) is 0. The van der Waals surface area contributed by atoms with Gasteiger partial charge >= 0.3 is 7.82 Å². The van der Waals surface area contributed by atoms with Crippen LogP contribution in [-0.4, -0.2) is 21.5 Å². The van der Waals surface area contributed by atoms with E-state index in [0.29, 0.717) is 13.2 Å². The van der Waals surface area contributed by atoms with Gasteiger partial charge in [-0.15, -0.1) is 0 Å². The summed E-state index contributed by atoms with van der Waals surface area (Å²) in [6.07, 6.45) is 0. The van der Waals surface area contributed by atoms with Gasteiger partial charge in [0.2, 0.25) is 0 Å². The molecule has 66 valence electrons. The fourth-order valence-electron chi connectivity index (χ4n) is 0.724. The predicted molar refractivity (Wildman–Crippen MR) is 43.9 cm³/mol. The van der Waals surface area contributed by atoms with Gasteiger partial charge in [-0.25, -0.2) is 4.57 Å². The highest BCUT2D eigenvalue weighted by atomic mass is 31.2. The smallest absolute Gasteiger partial charge is 0.330 e. The molecule has 11 heavy (non-hydrogen) atoms. The summed E-state index contributed by atoms with van der Waals surface area (Å²) in [5.74, 6) is 0. The zero-order chi connectivity index (χ0) is 8.54. The lowest BCUT2D eigenvalue weighted by Crippen LogP contribution is -2.23. The van der Waals surface area contributed by atoms with E-state index < -0.39 is 16.1 Å². The third-order valence-corrected chi connectivity index (χ3v) is 5.05. The summed E-state index contributed by atoms with van der Waals surface area (Å²) >= 11 is 0. The van der Waals surface area contributed by atoms with Gasteiger partial charge in [-0.2, -0.15) is 0 Å². The molecule has 4 nitrogen and oxygen atoms in total. The van der Waals surface area contributed by atoms with Gasteiger partial charge in [0, 0.05) is 0 Å². The molecule has 0 aromatic carbocycles. The summed E-state index contributed by atoms with van der Waals surface area (Å²) in [6, 6.07) is 0. The van der Waals surface area contributed by atoms with Gasteiger partial charge in [-0.3, -0.25) is 9.05 Å². The number of hydrogen-bond donors (Lipinski definition) is 0. The highest BCUT2D eigenvalue weighted by Gasteiger charge is 2.37. The molecule has 1 fully saturated rings. The zero-order valence-electron chi connectivity index (χ0n) is 6.99. The van der Waals surface area contributed by atoms with Crippen LogP contribution in [0.2, 0.25) is 19.6 Å². The Bertz CT molecular complexity index is 177. The molecule has 0 saturated carbocycles. The van der Waals surface area contributed by atoms with Crippen molar-refractivity contribution < 1.29 is 17.8 Å². The van der Waals surface area contributed by atoms with Crippen LogP contribution in [0.4, 0.5) is 0 Å². The van der Waals surface area contributed by atoms with Crippen molar-refractivity contribution >= 4 is 16.1 Å². The maximum Gasteiger partial charge on any atom is 0.465 e. The van der Waals surface area contributed by atoms with Gasteiger partial charge in [-0.1, -0.05) is 0 Å². The average Bonchev–Trinajstić information content (AvgIpc) is 2.09. The van der Waals surface area contributed by atoms with Gasteiger partial charge in [0.15, 0.2) is 8.32 Å². The minimum Gasteiger partial charge on any atom is -0.330 e. The molecule has 0 atom stereocenters. The average molecular weight is 196 g/mol. The summed E-state index contributed by atoms with van der Waals surface area (Å²) in [4.78, 5) is 0. The van der Waals surface area contributed by atoms with E-state index in [2.05, 4.69) is 0 Å². The van der Waals surface area contributed by atoms with Gasteiger partial charge in [0.1, 0.15) is 0 Å². The normalized spacial score (nSPS) is 23.9. The maximum absolute atomic E-state index is 11.4. The van der Waals surface area contributed by atoms with Crippen LogP contribution in [-0.2, 0) is 17.8 Å². The molecule has 1 heterocycles. The lowest BCUT2D eigenvalue weighted by atomic mass is 10.8. The predicted octanol–water partition coefficient (Wildman–Crippen LogP) is 1.99. The molecule has 1 saturated heterocycles. The molecule has 0 unspecified atom stereocenters. The van der Waals surface area contributed by atoms with Crippen LogP contribution < -0.4 is 0 Å². The van der Waals surface area contributed by atoms with Crippen LogP contribution in [0.25, 0.3) is 0 Å². The molecule has 0 radical (unpaired) electrons.